The van der Waals surface area contributed by atoms with E-state index in [2.05, 4.69) is 5.32 Å². The first-order valence-electron chi connectivity index (χ1n) is 10.4. The normalized spacial score (nSPS) is 16.1. The van der Waals surface area contributed by atoms with Gasteiger partial charge in [-0.25, -0.2) is 9.18 Å². The number of halogens is 1. The molecule has 31 heavy (non-hydrogen) atoms. The molecular weight excluding hydrogens is 399 g/mol. The Labute approximate surface area is 182 Å². The molecule has 0 unspecified atom stereocenters. The van der Waals surface area contributed by atoms with E-state index >= 15 is 0 Å². The Hall–Kier alpha value is -3.09. The number of carbonyl (C=O) groups excluding carboxylic acids is 2. The van der Waals surface area contributed by atoms with Crippen molar-refractivity contribution in [3.63, 3.8) is 0 Å². The Morgan fingerprint density at radius 1 is 1.06 bits per heavy atom. The summed E-state index contributed by atoms with van der Waals surface area (Å²) in [4.78, 5) is 26.5. The lowest BCUT2D eigenvalue weighted by Crippen LogP contribution is -2.47. The predicted molar refractivity (Wildman–Crippen MR) is 115 cm³/mol. The van der Waals surface area contributed by atoms with Gasteiger partial charge in [0, 0.05) is 13.1 Å². The number of amides is 2. The fourth-order valence-corrected chi connectivity index (χ4v) is 3.34. The zero-order valence-electron chi connectivity index (χ0n) is 18.2. The van der Waals surface area contributed by atoms with Gasteiger partial charge in [-0.3, -0.25) is 9.69 Å². The van der Waals surface area contributed by atoms with Gasteiger partial charge in [-0.15, -0.1) is 0 Å². The maximum absolute atomic E-state index is 13.0. The fraction of sp³-hybridized carbons (Fsp3) is 0.417. The highest BCUT2D eigenvalue weighted by atomic mass is 19.1. The van der Waals surface area contributed by atoms with Gasteiger partial charge in [0.25, 0.3) is 0 Å². The van der Waals surface area contributed by atoms with Gasteiger partial charge in [0.1, 0.15) is 29.8 Å². The molecule has 1 saturated heterocycles. The van der Waals surface area contributed by atoms with E-state index in [1.807, 2.05) is 45.0 Å². The number of rotatable bonds is 6. The standard InChI is InChI=1S/C24H29FN2O4/c1-24(2,3)31-23(29)27-14-4-5-21(27)22(28)26-15-17-8-12-20(13-9-17)30-16-18-6-10-19(25)11-7-18/h6-13,21H,4-5,14-16H2,1-3H3,(H,26,28)/t21-/m0/s1. The second-order valence-corrected chi connectivity index (χ2v) is 8.61. The van der Waals surface area contributed by atoms with Crippen LogP contribution in [0.1, 0.15) is 44.7 Å². The minimum Gasteiger partial charge on any atom is -0.489 e. The van der Waals surface area contributed by atoms with E-state index in [1.54, 1.807) is 12.1 Å². The third-order valence-electron chi connectivity index (χ3n) is 4.89. The van der Waals surface area contributed by atoms with Gasteiger partial charge in [0.05, 0.1) is 0 Å². The highest BCUT2D eigenvalue weighted by molar-refractivity contribution is 5.86. The lowest BCUT2D eigenvalue weighted by atomic mass is 10.2. The van der Waals surface area contributed by atoms with Crippen LogP contribution < -0.4 is 10.1 Å². The largest absolute Gasteiger partial charge is 0.489 e. The van der Waals surface area contributed by atoms with Crippen LogP contribution in [0.3, 0.4) is 0 Å². The lowest BCUT2D eigenvalue weighted by Gasteiger charge is -2.28. The van der Waals surface area contributed by atoms with Crippen LogP contribution >= 0.6 is 0 Å². The summed E-state index contributed by atoms with van der Waals surface area (Å²) in [5, 5.41) is 2.91. The molecule has 2 aromatic rings. The van der Waals surface area contributed by atoms with Crippen LogP contribution in [0.15, 0.2) is 48.5 Å². The molecule has 3 rings (SSSR count). The average Bonchev–Trinajstić information content (AvgIpc) is 3.21. The highest BCUT2D eigenvalue weighted by Crippen LogP contribution is 2.21. The van der Waals surface area contributed by atoms with Crippen LogP contribution in [0.5, 0.6) is 5.75 Å². The number of nitrogens with one attached hydrogen (secondary N) is 1. The summed E-state index contributed by atoms with van der Waals surface area (Å²) in [6.45, 7) is 6.65. The maximum Gasteiger partial charge on any atom is 0.410 e. The number of carbonyl (C=O) groups is 2. The smallest absolute Gasteiger partial charge is 0.410 e. The van der Waals surface area contributed by atoms with Gasteiger partial charge in [-0.2, -0.15) is 0 Å². The molecular formula is C24H29FN2O4. The highest BCUT2D eigenvalue weighted by Gasteiger charge is 2.36. The van der Waals surface area contributed by atoms with Crippen LogP contribution in [-0.4, -0.2) is 35.1 Å². The first-order valence-corrected chi connectivity index (χ1v) is 10.4. The zero-order valence-corrected chi connectivity index (χ0v) is 18.2. The van der Waals surface area contributed by atoms with Crippen molar-refractivity contribution in [3.05, 3.63) is 65.5 Å². The SMILES string of the molecule is CC(C)(C)OC(=O)N1CCC[C@H]1C(=O)NCc1ccc(OCc2ccc(F)cc2)cc1. The van der Waals surface area contributed by atoms with Gasteiger partial charge in [0.2, 0.25) is 5.91 Å². The number of hydrogen-bond donors (Lipinski definition) is 1. The molecule has 0 radical (unpaired) electrons. The van der Waals surface area contributed by atoms with Crippen molar-refractivity contribution in [2.45, 2.75) is 58.4 Å². The number of ether oxygens (including phenoxy) is 2. The van der Waals surface area contributed by atoms with Crippen molar-refractivity contribution >= 4 is 12.0 Å². The summed E-state index contributed by atoms with van der Waals surface area (Å²) in [7, 11) is 0. The molecule has 1 aliphatic heterocycles. The molecule has 0 saturated carbocycles. The van der Waals surface area contributed by atoms with Crippen molar-refractivity contribution < 1.29 is 23.5 Å². The maximum atomic E-state index is 13.0. The number of benzene rings is 2. The second kappa shape index (κ2) is 9.81. The van der Waals surface area contributed by atoms with Crippen LogP contribution in [0, 0.1) is 5.82 Å². The van der Waals surface area contributed by atoms with Crippen molar-refractivity contribution in [1.29, 1.82) is 0 Å². The predicted octanol–water partition coefficient (Wildman–Crippen LogP) is 4.42. The summed E-state index contributed by atoms with van der Waals surface area (Å²) in [5.74, 6) is 0.230. The molecule has 2 amide bonds. The minimum atomic E-state index is -0.596. The molecule has 7 heteroatoms. The second-order valence-electron chi connectivity index (χ2n) is 8.61. The molecule has 1 heterocycles. The van der Waals surface area contributed by atoms with Gasteiger partial charge in [-0.1, -0.05) is 24.3 Å². The first kappa shape index (κ1) is 22.6. The van der Waals surface area contributed by atoms with Gasteiger partial charge >= 0.3 is 6.09 Å². The van der Waals surface area contributed by atoms with E-state index < -0.39 is 17.7 Å². The third-order valence-corrected chi connectivity index (χ3v) is 4.89. The summed E-state index contributed by atoms with van der Waals surface area (Å²) in [5.41, 5.74) is 1.20. The Morgan fingerprint density at radius 3 is 2.35 bits per heavy atom. The topological polar surface area (TPSA) is 67.9 Å². The molecule has 0 bridgehead atoms. The van der Waals surface area contributed by atoms with E-state index in [4.69, 9.17) is 9.47 Å². The van der Waals surface area contributed by atoms with Gasteiger partial charge in [0.15, 0.2) is 0 Å². The third kappa shape index (κ3) is 6.70. The molecule has 2 aromatic carbocycles. The monoisotopic (exact) mass is 428 g/mol. The Bertz CT molecular complexity index is 891. The van der Waals surface area contributed by atoms with Crippen LogP contribution in [0.4, 0.5) is 9.18 Å². The van der Waals surface area contributed by atoms with E-state index in [-0.39, 0.29) is 11.7 Å². The molecule has 1 atom stereocenters. The lowest BCUT2D eigenvalue weighted by molar-refractivity contribution is -0.125. The van der Waals surface area contributed by atoms with E-state index in [9.17, 15) is 14.0 Å². The van der Waals surface area contributed by atoms with Crippen molar-refractivity contribution in [2.24, 2.45) is 0 Å². The van der Waals surface area contributed by atoms with Crippen LogP contribution in [0.25, 0.3) is 0 Å². The Balaban J connectivity index is 1.48. The molecule has 0 aromatic heterocycles. The Kier molecular flexibility index (Phi) is 7.15. The average molecular weight is 429 g/mol. The quantitative estimate of drug-likeness (QED) is 0.740. The molecule has 166 valence electrons. The molecule has 1 N–H and O–H groups in total. The molecule has 1 fully saturated rings. The van der Waals surface area contributed by atoms with Crippen molar-refractivity contribution in [2.75, 3.05) is 6.54 Å². The van der Waals surface area contributed by atoms with Crippen molar-refractivity contribution in [1.82, 2.24) is 10.2 Å². The number of nitrogens with zero attached hydrogens (tertiary/aromatic N) is 1. The molecule has 1 aliphatic rings. The molecule has 0 spiro atoms. The van der Waals surface area contributed by atoms with Crippen molar-refractivity contribution in [3.8, 4) is 5.75 Å². The summed E-state index contributed by atoms with van der Waals surface area (Å²) in [6.07, 6.45) is 0.950. The van der Waals surface area contributed by atoms with E-state index in [0.717, 1.165) is 17.5 Å². The number of likely N-dealkylation sites (tertiary alicyclic amines) is 1. The molecule has 6 nitrogen and oxygen atoms in total. The van der Waals surface area contributed by atoms with Crippen LogP contribution in [0.2, 0.25) is 0 Å². The summed E-state index contributed by atoms with van der Waals surface area (Å²) >= 11 is 0. The molecule has 0 aliphatic carbocycles. The first-order chi connectivity index (χ1) is 14.7. The van der Waals surface area contributed by atoms with Crippen LogP contribution in [-0.2, 0) is 22.7 Å². The summed E-state index contributed by atoms with van der Waals surface area (Å²) < 4.78 is 24.1. The minimum absolute atomic E-state index is 0.181. The zero-order chi connectivity index (χ0) is 22.4. The van der Waals surface area contributed by atoms with Gasteiger partial charge in [-0.05, 0) is 69.0 Å². The summed E-state index contributed by atoms with van der Waals surface area (Å²) in [6, 6.07) is 13.1. The van der Waals surface area contributed by atoms with E-state index in [1.165, 1.54) is 17.0 Å². The number of hydrogen-bond acceptors (Lipinski definition) is 4. The fourth-order valence-electron chi connectivity index (χ4n) is 3.34. The van der Waals surface area contributed by atoms with E-state index in [0.29, 0.717) is 31.9 Å². The Morgan fingerprint density at radius 2 is 1.71 bits per heavy atom. The van der Waals surface area contributed by atoms with Gasteiger partial charge < -0.3 is 14.8 Å².